The summed E-state index contributed by atoms with van der Waals surface area (Å²) >= 11 is 0. The quantitative estimate of drug-likeness (QED) is 0.880. The molecule has 2 aromatic carbocycles. The predicted octanol–water partition coefficient (Wildman–Crippen LogP) is 3.53. The number of hydrogen-bond donors (Lipinski definition) is 1. The molecule has 2 aliphatic heterocycles. The minimum atomic E-state index is 0.533. The van der Waals surface area contributed by atoms with E-state index in [1.165, 1.54) is 30.5 Å². The minimum Gasteiger partial charge on any atom is -0.495 e. The number of rotatable bonds is 5. The topological polar surface area (TPSA) is 33.7 Å². The smallest absolute Gasteiger partial charge is 0.142 e. The molecule has 0 saturated carbocycles. The van der Waals surface area contributed by atoms with Crippen molar-refractivity contribution < 1.29 is 9.47 Å². The Balaban J connectivity index is 1.25. The van der Waals surface area contributed by atoms with Gasteiger partial charge in [-0.2, -0.15) is 0 Å². The Kier molecular flexibility index (Phi) is 4.44. The first-order chi connectivity index (χ1) is 13.3. The first-order valence-electron chi connectivity index (χ1n) is 10.2. The SMILES string of the molecule is COc1cc2c(cc1N1CCNC(CCC3Cc4ccccc43)C1)OCC2. The van der Waals surface area contributed by atoms with Gasteiger partial charge in [0.15, 0.2) is 0 Å². The predicted molar refractivity (Wildman–Crippen MR) is 108 cm³/mol. The summed E-state index contributed by atoms with van der Waals surface area (Å²) in [6.45, 7) is 3.85. The summed E-state index contributed by atoms with van der Waals surface area (Å²) in [5, 5.41) is 3.72. The van der Waals surface area contributed by atoms with Crippen LogP contribution in [0.15, 0.2) is 36.4 Å². The number of ether oxygens (including phenoxy) is 2. The molecular formula is C23H28N2O2. The highest BCUT2D eigenvalue weighted by Gasteiger charge is 2.28. The van der Waals surface area contributed by atoms with E-state index in [0.29, 0.717) is 6.04 Å². The number of benzene rings is 2. The van der Waals surface area contributed by atoms with Gasteiger partial charge in [0.25, 0.3) is 0 Å². The van der Waals surface area contributed by atoms with Crippen LogP contribution in [0.5, 0.6) is 11.5 Å². The van der Waals surface area contributed by atoms with Crippen LogP contribution in [-0.4, -0.2) is 39.4 Å². The lowest BCUT2D eigenvalue weighted by molar-refractivity contribution is 0.355. The number of methoxy groups -OCH3 is 1. The van der Waals surface area contributed by atoms with Crippen LogP contribution in [0.2, 0.25) is 0 Å². The van der Waals surface area contributed by atoms with E-state index >= 15 is 0 Å². The van der Waals surface area contributed by atoms with E-state index < -0.39 is 0 Å². The maximum atomic E-state index is 5.79. The third-order valence-corrected chi connectivity index (χ3v) is 6.41. The Morgan fingerprint density at radius 2 is 2.11 bits per heavy atom. The van der Waals surface area contributed by atoms with Gasteiger partial charge < -0.3 is 19.7 Å². The van der Waals surface area contributed by atoms with E-state index in [9.17, 15) is 0 Å². The fourth-order valence-corrected chi connectivity index (χ4v) is 4.86. The van der Waals surface area contributed by atoms with Gasteiger partial charge in [-0.15, -0.1) is 0 Å². The average molecular weight is 364 g/mol. The van der Waals surface area contributed by atoms with E-state index in [1.54, 1.807) is 18.2 Å². The van der Waals surface area contributed by atoms with Crippen molar-refractivity contribution in [3.05, 3.63) is 53.1 Å². The second-order valence-electron chi connectivity index (χ2n) is 8.00. The van der Waals surface area contributed by atoms with Crippen LogP contribution < -0.4 is 19.7 Å². The number of nitrogens with zero attached hydrogens (tertiary/aromatic N) is 1. The Morgan fingerprint density at radius 3 is 3.00 bits per heavy atom. The van der Waals surface area contributed by atoms with Crippen molar-refractivity contribution in [2.45, 2.75) is 37.6 Å². The van der Waals surface area contributed by atoms with Crippen molar-refractivity contribution in [1.29, 1.82) is 0 Å². The van der Waals surface area contributed by atoms with E-state index in [2.05, 4.69) is 46.6 Å². The van der Waals surface area contributed by atoms with Crippen LogP contribution >= 0.6 is 0 Å². The molecule has 1 saturated heterocycles. The Hall–Kier alpha value is -2.20. The third-order valence-electron chi connectivity index (χ3n) is 6.41. The zero-order valence-electron chi connectivity index (χ0n) is 16.0. The molecule has 5 rings (SSSR count). The van der Waals surface area contributed by atoms with Crippen molar-refractivity contribution in [2.75, 3.05) is 38.3 Å². The summed E-state index contributed by atoms with van der Waals surface area (Å²) in [5.41, 5.74) is 5.57. The standard InChI is InChI=1S/C23H28N2O2/c1-26-23-13-18-8-11-27-22(18)14-21(23)25-10-9-24-19(15-25)7-6-17-12-16-4-2-3-5-20(16)17/h2-5,13-14,17,19,24H,6-12,15H2,1H3. The van der Waals surface area contributed by atoms with Crippen molar-refractivity contribution in [3.63, 3.8) is 0 Å². The average Bonchev–Trinajstić information content (AvgIpc) is 3.15. The molecule has 2 heterocycles. The van der Waals surface area contributed by atoms with Gasteiger partial charge in [-0.1, -0.05) is 24.3 Å². The molecular weight excluding hydrogens is 336 g/mol. The first-order valence-corrected chi connectivity index (χ1v) is 10.2. The second-order valence-corrected chi connectivity index (χ2v) is 8.00. The summed E-state index contributed by atoms with van der Waals surface area (Å²) in [6.07, 6.45) is 4.73. The molecule has 0 spiro atoms. The van der Waals surface area contributed by atoms with E-state index in [4.69, 9.17) is 9.47 Å². The van der Waals surface area contributed by atoms with Gasteiger partial charge >= 0.3 is 0 Å². The van der Waals surface area contributed by atoms with Crippen LogP contribution in [0.1, 0.15) is 35.4 Å². The lowest BCUT2D eigenvalue weighted by atomic mass is 9.75. The van der Waals surface area contributed by atoms with E-state index in [0.717, 1.165) is 50.1 Å². The second kappa shape index (κ2) is 7.08. The number of hydrogen-bond acceptors (Lipinski definition) is 4. The van der Waals surface area contributed by atoms with Gasteiger partial charge in [-0.05, 0) is 42.4 Å². The largest absolute Gasteiger partial charge is 0.495 e. The summed E-state index contributed by atoms with van der Waals surface area (Å²) in [4.78, 5) is 2.47. The van der Waals surface area contributed by atoms with Gasteiger partial charge in [0, 0.05) is 43.7 Å². The maximum Gasteiger partial charge on any atom is 0.142 e. The summed E-state index contributed by atoms with van der Waals surface area (Å²) in [7, 11) is 1.77. The normalized spacial score (nSPS) is 23.2. The zero-order valence-corrected chi connectivity index (χ0v) is 16.0. The lowest BCUT2D eigenvalue weighted by Crippen LogP contribution is -2.51. The highest BCUT2D eigenvalue weighted by molar-refractivity contribution is 5.65. The lowest BCUT2D eigenvalue weighted by Gasteiger charge is -2.37. The molecule has 1 fully saturated rings. The van der Waals surface area contributed by atoms with Crippen LogP contribution in [0.4, 0.5) is 5.69 Å². The monoisotopic (exact) mass is 364 g/mol. The fraction of sp³-hybridized carbons (Fsp3) is 0.478. The molecule has 0 bridgehead atoms. The third kappa shape index (κ3) is 3.16. The van der Waals surface area contributed by atoms with Gasteiger partial charge in [0.1, 0.15) is 11.5 Å². The zero-order chi connectivity index (χ0) is 18.2. The molecule has 2 atom stereocenters. The van der Waals surface area contributed by atoms with Crippen LogP contribution in [0.25, 0.3) is 0 Å². The first kappa shape index (κ1) is 16.9. The van der Waals surface area contributed by atoms with Crippen molar-refractivity contribution in [2.24, 2.45) is 0 Å². The number of nitrogens with one attached hydrogen (secondary N) is 1. The minimum absolute atomic E-state index is 0.533. The van der Waals surface area contributed by atoms with Gasteiger partial charge in [-0.3, -0.25) is 0 Å². The summed E-state index contributed by atoms with van der Waals surface area (Å²) in [6, 6.07) is 13.8. The Bertz CT molecular complexity index is 835. The van der Waals surface area contributed by atoms with Crippen LogP contribution in [0, 0.1) is 0 Å². The summed E-state index contributed by atoms with van der Waals surface area (Å²) < 4.78 is 11.5. The Labute approximate surface area is 161 Å². The van der Waals surface area contributed by atoms with Crippen molar-refractivity contribution in [3.8, 4) is 11.5 Å². The van der Waals surface area contributed by atoms with E-state index in [1.807, 2.05) is 0 Å². The molecule has 142 valence electrons. The molecule has 0 radical (unpaired) electrons. The van der Waals surface area contributed by atoms with Crippen LogP contribution in [0.3, 0.4) is 0 Å². The highest BCUT2D eigenvalue weighted by atomic mass is 16.5. The fourth-order valence-electron chi connectivity index (χ4n) is 4.86. The molecule has 27 heavy (non-hydrogen) atoms. The molecule has 4 heteroatoms. The number of piperazine rings is 1. The molecule has 0 amide bonds. The number of anilines is 1. The Morgan fingerprint density at radius 1 is 1.19 bits per heavy atom. The molecule has 2 aromatic rings. The van der Waals surface area contributed by atoms with Gasteiger partial charge in [-0.25, -0.2) is 0 Å². The summed E-state index contributed by atoms with van der Waals surface area (Å²) in [5.74, 6) is 2.76. The van der Waals surface area contributed by atoms with E-state index in [-0.39, 0.29) is 0 Å². The molecule has 0 aromatic heterocycles. The number of fused-ring (bicyclic) bond motifs is 2. The van der Waals surface area contributed by atoms with Crippen molar-refractivity contribution >= 4 is 5.69 Å². The molecule has 3 aliphatic rings. The molecule has 1 aliphatic carbocycles. The van der Waals surface area contributed by atoms with Gasteiger partial charge in [0.2, 0.25) is 0 Å². The molecule has 4 nitrogen and oxygen atoms in total. The highest BCUT2D eigenvalue weighted by Crippen LogP contribution is 2.40. The van der Waals surface area contributed by atoms with Gasteiger partial charge in [0.05, 0.1) is 19.4 Å². The van der Waals surface area contributed by atoms with Crippen molar-refractivity contribution in [1.82, 2.24) is 5.32 Å². The molecule has 2 unspecified atom stereocenters. The molecule has 1 N–H and O–H groups in total. The maximum absolute atomic E-state index is 5.79. The van der Waals surface area contributed by atoms with Crippen LogP contribution in [-0.2, 0) is 12.8 Å².